The summed E-state index contributed by atoms with van der Waals surface area (Å²) >= 11 is 0. The first-order valence-corrected chi connectivity index (χ1v) is 10.1. The molecule has 2 fully saturated rings. The third kappa shape index (κ3) is 6.25. The van der Waals surface area contributed by atoms with Gasteiger partial charge in [0.1, 0.15) is 0 Å². The molecule has 32 heavy (non-hydrogen) atoms. The predicted octanol–water partition coefficient (Wildman–Crippen LogP) is 2.33. The number of rotatable bonds is 2. The number of nitrogens with zero attached hydrogens (tertiary/aromatic N) is 6. The first kappa shape index (κ1) is 23.6. The van der Waals surface area contributed by atoms with Gasteiger partial charge in [-0.1, -0.05) is 0 Å². The second-order valence-electron chi connectivity index (χ2n) is 7.88. The minimum absolute atomic E-state index is 0.0700. The highest BCUT2D eigenvalue weighted by atomic mass is 19.4. The van der Waals surface area contributed by atoms with Crippen molar-refractivity contribution in [3.05, 3.63) is 36.3 Å². The lowest BCUT2D eigenvalue weighted by molar-refractivity contribution is -0.192. The van der Waals surface area contributed by atoms with Gasteiger partial charge >= 0.3 is 12.1 Å². The average Bonchev–Trinajstić information content (AvgIpc) is 2.97. The lowest BCUT2D eigenvalue weighted by Gasteiger charge is -2.43. The molecular formula is C20H25F3N6O3. The molecule has 2 aromatic rings. The average molecular weight is 454 g/mol. The molecule has 4 rings (SSSR count). The van der Waals surface area contributed by atoms with E-state index in [9.17, 15) is 13.2 Å². The van der Waals surface area contributed by atoms with E-state index in [0.717, 1.165) is 63.1 Å². The standard InChI is InChI=1S/C18H24N6O.C2HF3O2/c1-15-4-5-16(22-21-15)23-9-2-6-18(12-23)13-24(10-11-25-14-18)17-19-7-3-8-20-17;3-2(4,5)1(6)7/h3-5,7-8H,2,6,9-14H2,1H3;(H,6,7). The molecule has 12 heteroatoms. The van der Waals surface area contributed by atoms with Gasteiger partial charge in [0.25, 0.3) is 0 Å². The molecule has 2 aliphatic heterocycles. The fraction of sp³-hybridized carbons (Fsp3) is 0.550. The van der Waals surface area contributed by atoms with E-state index in [-0.39, 0.29) is 5.41 Å². The summed E-state index contributed by atoms with van der Waals surface area (Å²) in [6, 6.07) is 5.94. The molecule has 2 saturated heterocycles. The van der Waals surface area contributed by atoms with Crippen LogP contribution in [0.4, 0.5) is 24.9 Å². The van der Waals surface area contributed by atoms with Crippen molar-refractivity contribution in [3.8, 4) is 0 Å². The molecule has 9 nitrogen and oxygen atoms in total. The van der Waals surface area contributed by atoms with Gasteiger partial charge in [0, 0.05) is 44.0 Å². The maximum absolute atomic E-state index is 10.6. The Morgan fingerprint density at radius 3 is 2.44 bits per heavy atom. The number of anilines is 2. The van der Waals surface area contributed by atoms with Crippen LogP contribution in [0.25, 0.3) is 0 Å². The molecule has 1 spiro atoms. The highest BCUT2D eigenvalue weighted by Gasteiger charge is 2.40. The molecule has 174 valence electrons. The van der Waals surface area contributed by atoms with Gasteiger partial charge in [-0.3, -0.25) is 0 Å². The summed E-state index contributed by atoms with van der Waals surface area (Å²) in [6.07, 6.45) is 0.792. The molecule has 2 aliphatic rings. The summed E-state index contributed by atoms with van der Waals surface area (Å²) in [6.45, 7) is 7.13. The number of piperidine rings is 1. The number of aryl methyl sites for hydroxylation is 1. The van der Waals surface area contributed by atoms with Crippen LogP contribution >= 0.6 is 0 Å². The maximum atomic E-state index is 10.6. The lowest BCUT2D eigenvalue weighted by Crippen LogP contribution is -2.51. The molecule has 1 N–H and O–H groups in total. The maximum Gasteiger partial charge on any atom is 0.490 e. The van der Waals surface area contributed by atoms with Gasteiger partial charge in [0.05, 0.1) is 18.9 Å². The van der Waals surface area contributed by atoms with Crippen LogP contribution in [0.5, 0.6) is 0 Å². The number of carboxylic acid groups (broad SMARTS) is 1. The van der Waals surface area contributed by atoms with Gasteiger partial charge in [-0.15, -0.1) is 5.10 Å². The van der Waals surface area contributed by atoms with Gasteiger partial charge in [0.2, 0.25) is 5.95 Å². The van der Waals surface area contributed by atoms with Crippen LogP contribution in [0, 0.1) is 12.3 Å². The Morgan fingerprint density at radius 1 is 1.12 bits per heavy atom. The lowest BCUT2D eigenvalue weighted by atomic mass is 9.80. The Labute approximate surface area is 183 Å². The van der Waals surface area contributed by atoms with Crippen molar-refractivity contribution in [2.75, 3.05) is 49.2 Å². The first-order chi connectivity index (χ1) is 15.2. The molecule has 2 aromatic heterocycles. The van der Waals surface area contributed by atoms with Crippen molar-refractivity contribution in [2.45, 2.75) is 25.9 Å². The van der Waals surface area contributed by atoms with Gasteiger partial charge in [-0.05, 0) is 38.0 Å². The molecule has 0 amide bonds. The number of alkyl halides is 3. The van der Waals surface area contributed by atoms with Crippen molar-refractivity contribution in [1.29, 1.82) is 0 Å². The number of ether oxygens (including phenoxy) is 1. The number of halogens is 3. The molecule has 0 aliphatic carbocycles. The summed E-state index contributed by atoms with van der Waals surface area (Å²) in [7, 11) is 0. The molecule has 0 saturated carbocycles. The summed E-state index contributed by atoms with van der Waals surface area (Å²) in [5.74, 6) is -1.01. The van der Waals surface area contributed by atoms with E-state index in [1.807, 2.05) is 19.1 Å². The molecule has 1 unspecified atom stereocenters. The minimum Gasteiger partial charge on any atom is -0.475 e. The van der Waals surface area contributed by atoms with Gasteiger partial charge < -0.3 is 19.6 Å². The molecule has 0 radical (unpaired) electrons. The smallest absolute Gasteiger partial charge is 0.475 e. The van der Waals surface area contributed by atoms with E-state index >= 15 is 0 Å². The van der Waals surface area contributed by atoms with E-state index in [2.05, 4.69) is 36.0 Å². The van der Waals surface area contributed by atoms with Crippen molar-refractivity contribution in [3.63, 3.8) is 0 Å². The van der Waals surface area contributed by atoms with Crippen LogP contribution in [0.1, 0.15) is 18.5 Å². The summed E-state index contributed by atoms with van der Waals surface area (Å²) in [5, 5.41) is 15.7. The highest BCUT2D eigenvalue weighted by molar-refractivity contribution is 5.73. The second-order valence-corrected chi connectivity index (χ2v) is 7.88. The predicted molar refractivity (Wildman–Crippen MR) is 109 cm³/mol. The number of hydrogen-bond acceptors (Lipinski definition) is 8. The number of carbonyl (C=O) groups is 1. The van der Waals surface area contributed by atoms with E-state index in [4.69, 9.17) is 14.6 Å². The van der Waals surface area contributed by atoms with Gasteiger partial charge in [-0.25, -0.2) is 14.8 Å². The quantitative estimate of drug-likeness (QED) is 0.732. The first-order valence-electron chi connectivity index (χ1n) is 10.1. The van der Waals surface area contributed by atoms with E-state index in [1.54, 1.807) is 12.4 Å². The normalized spacial score (nSPS) is 21.5. The zero-order valence-electron chi connectivity index (χ0n) is 17.6. The molecule has 0 bridgehead atoms. The Bertz CT molecular complexity index is 884. The zero-order chi connectivity index (χ0) is 23.2. The Morgan fingerprint density at radius 2 is 1.81 bits per heavy atom. The largest absolute Gasteiger partial charge is 0.490 e. The molecular weight excluding hydrogens is 429 g/mol. The van der Waals surface area contributed by atoms with Crippen molar-refractivity contribution >= 4 is 17.7 Å². The van der Waals surface area contributed by atoms with Crippen LogP contribution in [-0.4, -0.2) is 76.8 Å². The highest BCUT2D eigenvalue weighted by Crippen LogP contribution is 2.35. The van der Waals surface area contributed by atoms with Crippen molar-refractivity contribution in [1.82, 2.24) is 20.2 Å². The number of carboxylic acids is 1. The SMILES string of the molecule is Cc1ccc(N2CCCC3(COCCN(c4ncccn4)C3)C2)nn1.O=C(O)C(F)(F)F. The van der Waals surface area contributed by atoms with Crippen LogP contribution < -0.4 is 9.80 Å². The fourth-order valence-corrected chi connectivity index (χ4v) is 3.83. The summed E-state index contributed by atoms with van der Waals surface area (Å²) in [5.41, 5.74) is 1.02. The minimum atomic E-state index is -5.08. The zero-order valence-corrected chi connectivity index (χ0v) is 17.6. The summed E-state index contributed by atoms with van der Waals surface area (Å²) < 4.78 is 37.7. The fourth-order valence-electron chi connectivity index (χ4n) is 3.83. The second kappa shape index (κ2) is 10.1. The molecule has 4 heterocycles. The number of hydrogen-bond donors (Lipinski definition) is 1. The van der Waals surface area contributed by atoms with E-state index < -0.39 is 12.1 Å². The summed E-state index contributed by atoms with van der Waals surface area (Å²) in [4.78, 5) is 22.4. The van der Waals surface area contributed by atoms with Gasteiger partial charge in [0.15, 0.2) is 5.82 Å². The Hall–Kier alpha value is -3.02. The molecule has 0 aromatic carbocycles. The van der Waals surface area contributed by atoms with E-state index in [0.29, 0.717) is 6.61 Å². The Kier molecular flexibility index (Phi) is 7.44. The number of aliphatic carboxylic acids is 1. The third-order valence-corrected chi connectivity index (χ3v) is 5.29. The topological polar surface area (TPSA) is 105 Å². The number of aromatic nitrogens is 4. The third-order valence-electron chi connectivity index (χ3n) is 5.29. The van der Waals surface area contributed by atoms with E-state index in [1.165, 1.54) is 0 Å². The van der Waals surface area contributed by atoms with Crippen LogP contribution in [0.2, 0.25) is 0 Å². The van der Waals surface area contributed by atoms with Crippen molar-refractivity contribution in [2.24, 2.45) is 5.41 Å². The van der Waals surface area contributed by atoms with Crippen LogP contribution in [0.3, 0.4) is 0 Å². The van der Waals surface area contributed by atoms with Crippen LogP contribution in [-0.2, 0) is 9.53 Å². The van der Waals surface area contributed by atoms with Crippen molar-refractivity contribution < 1.29 is 27.8 Å². The van der Waals surface area contributed by atoms with Gasteiger partial charge in [-0.2, -0.15) is 18.3 Å². The Balaban J connectivity index is 0.000000360. The molecule has 1 atom stereocenters. The van der Waals surface area contributed by atoms with Crippen LogP contribution in [0.15, 0.2) is 30.6 Å². The monoisotopic (exact) mass is 454 g/mol.